The van der Waals surface area contributed by atoms with Gasteiger partial charge in [-0.2, -0.15) is 0 Å². The van der Waals surface area contributed by atoms with Crippen LogP contribution in [-0.2, 0) is 4.79 Å². The van der Waals surface area contributed by atoms with Crippen molar-refractivity contribution in [3.63, 3.8) is 0 Å². The van der Waals surface area contributed by atoms with Crippen molar-refractivity contribution < 1.29 is 9.59 Å². The van der Waals surface area contributed by atoms with Gasteiger partial charge in [0, 0.05) is 24.7 Å². The number of primary amides is 1. The first kappa shape index (κ1) is 17.2. The SMILES string of the molecule is NC(=O)[C@@H]1CCCN1CCCNC(=O)Nc1cccc2cccnc12. The van der Waals surface area contributed by atoms with Gasteiger partial charge in [-0.1, -0.05) is 18.2 Å². The summed E-state index contributed by atoms with van der Waals surface area (Å²) >= 11 is 0. The maximum atomic E-state index is 12.1. The van der Waals surface area contributed by atoms with E-state index in [0.29, 0.717) is 12.2 Å². The number of amides is 3. The van der Waals surface area contributed by atoms with Gasteiger partial charge >= 0.3 is 6.03 Å². The van der Waals surface area contributed by atoms with Crippen molar-refractivity contribution in [2.45, 2.75) is 25.3 Å². The monoisotopic (exact) mass is 341 g/mol. The van der Waals surface area contributed by atoms with Crippen molar-refractivity contribution in [2.75, 3.05) is 25.0 Å². The minimum atomic E-state index is -0.258. The lowest BCUT2D eigenvalue weighted by Crippen LogP contribution is -2.41. The van der Waals surface area contributed by atoms with E-state index in [2.05, 4.69) is 20.5 Å². The third-order valence-corrected chi connectivity index (χ3v) is 4.48. The van der Waals surface area contributed by atoms with Crippen molar-refractivity contribution in [1.82, 2.24) is 15.2 Å². The Morgan fingerprint density at radius 2 is 2.12 bits per heavy atom. The van der Waals surface area contributed by atoms with Gasteiger partial charge in [0.05, 0.1) is 17.2 Å². The van der Waals surface area contributed by atoms with E-state index in [1.165, 1.54) is 0 Å². The number of aromatic nitrogens is 1. The van der Waals surface area contributed by atoms with Crippen LogP contribution in [0.25, 0.3) is 10.9 Å². The van der Waals surface area contributed by atoms with E-state index in [1.54, 1.807) is 6.20 Å². The number of hydrogen-bond donors (Lipinski definition) is 3. The Labute approximate surface area is 146 Å². The lowest BCUT2D eigenvalue weighted by Gasteiger charge is -2.21. The molecule has 132 valence electrons. The number of fused-ring (bicyclic) bond motifs is 1. The first-order valence-corrected chi connectivity index (χ1v) is 8.57. The lowest BCUT2D eigenvalue weighted by molar-refractivity contribution is -0.122. The van der Waals surface area contributed by atoms with Gasteiger partial charge in [-0.3, -0.25) is 14.7 Å². The van der Waals surface area contributed by atoms with Gasteiger partial charge < -0.3 is 16.4 Å². The summed E-state index contributed by atoms with van der Waals surface area (Å²) in [5.41, 5.74) is 6.86. The molecule has 0 unspecified atom stereocenters. The molecule has 0 bridgehead atoms. The number of anilines is 1. The average molecular weight is 341 g/mol. The number of rotatable bonds is 6. The molecular weight excluding hydrogens is 318 g/mol. The molecule has 3 rings (SSSR count). The van der Waals surface area contributed by atoms with Crippen molar-refractivity contribution in [3.8, 4) is 0 Å². The largest absolute Gasteiger partial charge is 0.368 e. The molecule has 7 nitrogen and oxygen atoms in total. The third kappa shape index (κ3) is 4.24. The van der Waals surface area contributed by atoms with Crippen LogP contribution in [0.4, 0.5) is 10.5 Å². The van der Waals surface area contributed by atoms with Crippen molar-refractivity contribution in [2.24, 2.45) is 5.73 Å². The van der Waals surface area contributed by atoms with E-state index in [-0.39, 0.29) is 18.0 Å². The summed E-state index contributed by atoms with van der Waals surface area (Å²) in [6.45, 7) is 2.18. The van der Waals surface area contributed by atoms with Crippen LogP contribution < -0.4 is 16.4 Å². The van der Waals surface area contributed by atoms with Gasteiger partial charge in [0.25, 0.3) is 0 Å². The second kappa shape index (κ2) is 7.94. The van der Waals surface area contributed by atoms with Gasteiger partial charge in [-0.25, -0.2) is 4.79 Å². The van der Waals surface area contributed by atoms with Crippen LogP contribution in [-0.4, -0.2) is 47.5 Å². The number of nitrogens with two attached hydrogens (primary N) is 1. The summed E-state index contributed by atoms with van der Waals surface area (Å²) in [6, 6.07) is 9.08. The molecule has 1 aliphatic heterocycles. The van der Waals surface area contributed by atoms with Crippen molar-refractivity contribution in [1.29, 1.82) is 0 Å². The summed E-state index contributed by atoms with van der Waals surface area (Å²) in [5, 5.41) is 6.66. The number of carbonyl (C=O) groups is 2. The number of hydrogen-bond acceptors (Lipinski definition) is 4. The predicted molar refractivity (Wildman–Crippen MR) is 97.2 cm³/mol. The molecule has 1 fully saturated rings. The highest BCUT2D eigenvalue weighted by molar-refractivity contribution is 5.99. The van der Waals surface area contributed by atoms with E-state index in [0.717, 1.165) is 43.3 Å². The quantitative estimate of drug-likeness (QED) is 0.696. The van der Waals surface area contributed by atoms with Gasteiger partial charge in [0.15, 0.2) is 0 Å². The molecular formula is C18H23N5O2. The summed E-state index contributed by atoms with van der Waals surface area (Å²) in [4.78, 5) is 29.9. The van der Waals surface area contributed by atoms with E-state index >= 15 is 0 Å². The highest BCUT2D eigenvalue weighted by Crippen LogP contribution is 2.20. The second-order valence-corrected chi connectivity index (χ2v) is 6.21. The number of nitrogens with zero attached hydrogens (tertiary/aromatic N) is 2. The van der Waals surface area contributed by atoms with Crippen LogP contribution in [0.2, 0.25) is 0 Å². The van der Waals surface area contributed by atoms with E-state index in [9.17, 15) is 9.59 Å². The number of nitrogens with one attached hydrogen (secondary N) is 2. The fourth-order valence-corrected chi connectivity index (χ4v) is 3.27. The standard InChI is InChI=1S/C18H23N5O2/c19-17(24)15-8-3-11-23(15)12-4-10-21-18(25)22-14-7-1-5-13-6-2-9-20-16(13)14/h1-2,5-7,9,15H,3-4,8,10-12H2,(H2,19,24)(H2,21,22,25)/t15-/m0/s1. The van der Waals surface area contributed by atoms with Crippen LogP contribution in [0.3, 0.4) is 0 Å². The molecule has 2 heterocycles. The minimum Gasteiger partial charge on any atom is -0.368 e. The zero-order valence-corrected chi connectivity index (χ0v) is 14.1. The second-order valence-electron chi connectivity index (χ2n) is 6.21. The van der Waals surface area contributed by atoms with E-state index < -0.39 is 0 Å². The lowest BCUT2D eigenvalue weighted by atomic mass is 10.2. The number of benzene rings is 1. The fourth-order valence-electron chi connectivity index (χ4n) is 3.27. The molecule has 4 N–H and O–H groups in total. The van der Waals surface area contributed by atoms with Crippen LogP contribution in [0.1, 0.15) is 19.3 Å². The Hall–Kier alpha value is -2.67. The maximum Gasteiger partial charge on any atom is 0.319 e. The molecule has 3 amide bonds. The Bertz CT molecular complexity index is 759. The van der Waals surface area contributed by atoms with Crippen molar-refractivity contribution in [3.05, 3.63) is 36.5 Å². The molecule has 2 aromatic rings. The molecule has 0 saturated carbocycles. The first-order valence-electron chi connectivity index (χ1n) is 8.57. The number of likely N-dealkylation sites (tertiary alicyclic amines) is 1. The summed E-state index contributed by atoms with van der Waals surface area (Å²) < 4.78 is 0. The minimum absolute atomic E-state index is 0.157. The molecule has 0 aliphatic carbocycles. The smallest absolute Gasteiger partial charge is 0.319 e. The van der Waals surface area contributed by atoms with Crippen LogP contribution in [0.5, 0.6) is 0 Å². The van der Waals surface area contributed by atoms with Crippen LogP contribution in [0.15, 0.2) is 36.5 Å². The molecule has 1 aliphatic rings. The van der Waals surface area contributed by atoms with E-state index in [4.69, 9.17) is 5.73 Å². The normalized spacial score (nSPS) is 17.5. The molecule has 1 saturated heterocycles. The predicted octanol–water partition coefficient (Wildman–Crippen LogP) is 1.70. The summed E-state index contributed by atoms with van der Waals surface area (Å²) in [6.07, 6.45) is 4.30. The summed E-state index contributed by atoms with van der Waals surface area (Å²) in [5.74, 6) is -0.258. The highest BCUT2D eigenvalue weighted by atomic mass is 16.2. The van der Waals surface area contributed by atoms with Gasteiger partial charge in [-0.15, -0.1) is 0 Å². The van der Waals surface area contributed by atoms with E-state index in [1.807, 2.05) is 30.3 Å². The fraction of sp³-hybridized carbons (Fsp3) is 0.389. The molecule has 1 atom stereocenters. The number of pyridine rings is 1. The average Bonchev–Trinajstić information content (AvgIpc) is 3.08. The number of urea groups is 1. The number of para-hydroxylation sites is 1. The molecule has 0 spiro atoms. The molecule has 0 radical (unpaired) electrons. The third-order valence-electron chi connectivity index (χ3n) is 4.48. The Balaban J connectivity index is 1.46. The Morgan fingerprint density at radius 3 is 2.96 bits per heavy atom. The molecule has 25 heavy (non-hydrogen) atoms. The highest BCUT2D eigenvalue weighted by Gasteiger charge is 2.28. The van der Waals surface area contributed by atoms with Gasteiger partial charge in [0.1, 0.15) is 0 Å². The molecule has 7 heteroatoms. The molecule has 1 aromatic carbocycles. The topological polar surface area (TPSA) is 100 Å². The molecule has 1 aromatic heterocycles. The Kier molecular flexibility index (Phi) is 5.45. The summed E-state index contributed by atoms with van der Waals surface area (Å²) in [7, 11) is 0. The number of carbonyl (C=O) groups excluding carboxylic acids is 2. The maximum absolute atomic E-state index is 12.1. The Morgan fingerprint density at radius 1 is 1.28 bits per heavy atom. The van der Waals surface area contributed by atoms with Crippen LogP contribution in [0, 0.1) is 0 Å². The zero-order valence-electron chi connectivity index (χ0n) is 14.1. The first-order chi connectivity index (χ1) is 12.1. The van der Waals surface area contributed by atoms with Gasteiger partial charge in [0.2, 0.25) is 5.91 Å². The van der Waals surface area contributed by atoms with Crippen LogP contribution >= 0.6 is 0 Å². The van der Waals surface area contributed by atoms with Gasteiger partial charge in [-0.05, 0) is 37.9 Å². The van der Waals surface area contributed by atoms with Crippen molar-refractivity contribution >= 4 is 28.5 Å². The zero-order chi connectivity index (χ0) is 17.6.